The molecule has 0 radical (unpaired) electrons. The van der Waals surface area contributed by atoms with Crippen molar-refractivity contribution < 1.29 is 0 Å². The molecule has 0 atom stereocenters. The molecule has 0 unspecified atom stereocenters. The van der Waals surface area contributed by atoms with E-state index in [1.165, 1.54) is 11.3 Å². The quantitative estimate of drug-likeness (QED) is 0.421. The van der Waals surface area contributed by atoms with Crippen LogP contribution in [0, 0.1) is 20.8 Å². The van der Waals surface area contributed by atoms with Crippen LogP contribution in [0.15, 0.2) is 30.3 Å². The van der Waals surface area contributed by atoms with E-state index in [-0.39, 0.29) is 0 Å². The van der Waals surface area contributed by atoms with Gasteiger partial charge >= 0.3 is 0 Å². The first-order chi connectivity index (χ1) is 15.5. The maximum absolute atomic E-state index is 4.87. The van der Waals surface area contributed by atoms with Crippen LogP contribution >= 0.6 is 0 Å². The first kappa shape index (κ1) is 23.6. The van der Waals surface area contributed by atoms with Crippen LogP contribution in [-0.2, 0) is 7.05 Å². The van der Waals surface area contributed by atoms with Crippen molar-refractivity contribution in [3.05, 3.63) is 59.3 Å². The average molecular weight is 434 g/mol. The Balaban J connectivity index is 0.000000686. The third-order valence-corrected chi connectivity index (χ3v) is 5.68. The van der Waals surface area contributed by atoms with E-state index in [2.05, 4.69) is 50.9 Å². The van der Waals surface area contributed by atoms with Crippen LogP contribution in [0.2, 0.25) is 0 Å². The lowest BCUT2D eigenvalue weighted by Gasteiger charge is -2.34. The second kappa shape index (κ2) is 10.0. The molecule has 1 aliphatic carbocycles. The summed E-state index contributed by atoms with van der Waals surface area (Å²) >= 11 is 0. The topological polar surface area (TPSA) is 74.3 Å². The summed E-state index contributed by atoms with van der Waals surface area (Å²) < 4.78 is 4.03. The number of benzene rings is 1. The molecule has 1 fully saturated rings. The number of imidazole rings is 1. The lowest BCUT2D eigenvalue weighted by molar-refractivity contribution is 0.326. The summed E-state index contributed by atoms with van der Waals surface area (Å²) in [5.41, 5.74) is 3.35. The zero-order valence-electron chi connectivity index (χ0n) is 20.6. The minimum Gasteiger partial charge on any atom is -0.331 e. The lowest BCUT2D eigenvalue weighted by Crippen LogP contribution is -2.24. The predicted molar refractivity (Wildman–Crippen MR) is 129 cm³/mol. The van der Waals surface area contributed by atoms with E-state index < -0.39 is 0 Å². The Morgan fingerprint density at radius 2 is 1.50 bits per heavy atom. The summed E-state index contributed by atoms with van der Waals surface area (Å²) in [7, 11) is 2.11. The van der Waals surface area contributed by atoms with E-state index in [9.17, 15) is 0 Å². The fourth-order valence-electron chi connectivity index (χ4n) is 4.23. The van der Waals surface area contributed by atoms with Crippen LogP contribution in [0.1, 0.15) is 81.4 Å². The largest absolute Gasteiger partial charge is 0.331 e. The van der Waals surface area contributed by atoms with Crippen molar-refractivity contribution in [1.29, 1.82) is 0 Å². The molecule has 1 saturated carbocycles. The summed E-state index contributed by atoms with van der Waals surface area (Å²) in [4.78, 5) is 18.5. The van der Waals surface area contributed by atoms with E-state index in [4.69, 9.17) is 9.97 Å². The minimum absolute atomic E-state index is 0.426. The maximum Gasteiger partial charge on any atom is 0.159 e. The van der Waals surface area contributed by atoms with Gasteiger partial charge in [0, 0.05) is 30.6 Å². The molecule has 4 aromatic rings. The SMILES string of the molecule is CC.CC.Cc1nc(C2CC(c3nc4ccccc4n3C)C2)cc(-n2nc(C)nc2C)n1. The number of hydrogen-bond acceptors (Lipinski definition) is 5. The van der Waals surface area contributed by atoms with Crippen LogP contribution in [0.5, 0.6) is 0 Å². The Bertz CT molecular complexity index is 1180. The summed E-state index contributed by atoms with van der Waals surface area (Å²) in [5, 5.41) is 4.47. The first-order valence-electron chi connectivity index (χ1n) is 11.7. The number of fused-ring (bicyclic) bond motifs is 1. The van der Waals surface area contributed by atoms with Crippen LogP contribution in [0.3, 0.4) is 0 Å². The lowest BCUT2D eigenvalue weighted by atomic mass is 9.72. The maximum atomic E-state index is 4.87. The van der Waals surface area contributed by atoms with Gasteiger partial charge in [-0.25, -0.2) is 19.9 Å². The van der Waals surface area contributed by atoms with Gasteiger partial charge in [0.25, 0.3) is 0 Å². The van der Waals surface area contributed by atoms with Crippen molar-refractivity contribution in [2.24, 2.45) is 7.05 Å². The zero-order chi connectivity index (χ0) is 23.4. The Morgan fingerprint density at radius 3 is 2.12 bits per heavy atom. The van der Waals surface area contributed by atoms with Crippen molar-refractivity contribution in [3.63, 3.8) is 0 Å². The Morgan fingerprint density at radius 1 is 0.812 bits per heavy atom. The third kappa shape index (κ3) is 4.42. The van der Waals surface area contributed by atoms with Gasteiger partial charge in [-0.15, -0.1) is 5.10 Å². The number of para-hydroxylation sites is 2. The van der Waals surface area contributed by atoms with E-state index in [0.29, 0.717) is 11.8 Å². The number of nitrogens with zero attached hydrogens (tertiary/aromatic N) is 7. The van der Waals surface area contributed by atoms with Crippen LogP contribution in [0.25, 0.3) is 16.9 Å². The molecule has 0 spiro atoms. The molecule has 7 nitrogen and oxygen atoms in total. The van der Waals surface area contributed by atoms with Gasteiger partial charge in [-0.1, -0.05) is 39.8 Å². The standard InChI is InChI=1S/C21H23N7.2C2H6/c1-12-23-18(11-20(24-12)28-14(3)22-13(2)26-28)15-9-16(10-15)21-25-17-7-5-6-8-19(17)27(21)4;2*1-2/h5-8,11,15-16H,9-10H2,1-4H3;2*1-2H3. The first-order valence-corrected chi connectivity index (χ1v) is 11.7. The second-order valence-electron chi connectivity index (χ2n) is 7.70. The summed E-state index contributed by atoms with van der Waals surface area (Å²) in [6.45, 7) is 13.8. The molecule has 32 heavy (non-hydrogen) atoms. The van der Waals surface area contributed by atoms with Gasteiger partial charge in [-0.2, -0.15) is 4.68 Å². The minimum atomic E-state index is 0.426. The molecule has 1 aliphatic rings. The molecule has 7 heteroatoms. The van der Waals surface area contributed by atoms with Crippen LogP contribution < -0.4 is 0 Å². The van der Waals surface area contributed by atoms with Gasteiger partial charge in [0.1, 0.15) is 23.3 Å². The summed E-state index contributed by atoms with van der Waals surface area (Å²) in [5.74, 6) is 5.23. The smallest absolute Gasteiger partial charge is 0.159 e. The third-order valence-electron chi connectivity index (χ3n) is 5.68. The molecule has 3 heterocycles. The van der Waals surface area contributed by atoms with Gasteiger partial charge in [-0.05, 0) is 45.7 Å². The average Bonchev–Trinajstić information content (AvgIpc) is 3.28. The molecule has 1 aromatic carbocycles. The van der Waals surface area contributed by atoms with Crippen LogP contribution in [0.4, 0.5) is 0 Å². The zero-order valence-corrected chi connectivity index (χ0v) is 20.6. The normalized spacial score (nSPS) is 17.1. The Kier molecular flexibility index (Phi) is 7.38. The van der Waals surface area contributed by atoms with Crippen molar-refractivity contribution in [2.45, 2.75) is 73.1 Å². The molecule has 3 aromatic heterocycles. The molecule has 0 saturated heterocycles. The van der Waals surface area contributed by atoms with E-state index in [0.717, 1.165) is 47.3 Å². The van der Waals surface area contributed by atoms with Crippen LogP contribution in [-0.4, -0.2) is 34.3 Å². The van der Waals surface area contributed by atoms with Gasteiger partial charge < -0.3 is 4.57 Å². The highest BCUT2D eigenvalue weighted by molar-refractivity contribution is 5.75. The molecular weight excluding hydrogens is 398 g/mol. The summed E-state index contributed by atoms with van der Waals surface area (Å²) in [6.07, 6.45) is 2.12. The van der Waals surface area contributed by atoms with Gasteiger partial charge in [0.05, 0.1) is 11.0 Å². The fraction of sp³-hybridized carbons (Fsp3) is 0.480. The number of aromatic nitrogens is 7. The number of rotatable bonds is 3. The van der Waals surface area contributed by atoms with Gasteiger partial charge in [0.15, 0.2) is 5.82 Å². The molecule has 0 bridgehead atoms. The number of hydrogen-bond donors (Lipinski definition) is 0. The molecule has 0 amide bonds. The van der Waals surface area contributed by atoms with Gasteiger partial charge in [-0.3, -0.25) is 0 Å². The molecule has 5 rings (SSSR count). The monoisotopic (exact) mass is 433 g/mol. The van der Waals surface area contributed by atoms with E-state index in [1.54, 1.807) is 4.68 Å². The summed E-state index contributed by atoms with van der Waals surface area (Å²) in [6, 6.07) is 10.4. The van der Waals surface area contributed by atoms with Crippen molar-refractivity contribution in [3.8, 4) is 5.82 Å². The molecule has 0 aliphatic heterocycles. The Labute approximate surface area is 191 Å². The molecule has 170 valence electrons. The van der Waals surface area contributed by atoms with E-state index in [1.807, 2.05) is 54.5 Å². The highest BCUT2D eigenvalue weighted by Gasteiger charge is 2.35. The molecule has 0 N–H and O–H groups in total. The van der Waals surface area contributed by atoms with Crippen molar-refractivity contribution in [1.82, 2.24) is 34.3 Å². The van der Waals surface area contributed by atoms with Gasteiger partial charge in [0.2, 0.25) is 0 Å². The van der Waals surface area contributed by atoms with E-state index >= 15 is 0 Å². The van der Waals surface area contributed by atoms with Crippen molar-refractivity contribution >= 4 is 11.0 Å². The Hall–Kier alpha value is -3.09. The number of aryl methyl sites for hydroxylation is 4. The van der Waals surface area contributed by atoms with Crippen molar-refractivity contribution in [2.75, 3.05) is 0 Å². The highest BCUT2D eigenvalue weighted by Crippen LogP contribution is 2.47. The highest BCUT2D eigenvalue weighted by atomic mass is 15.4. The second-order valence-corrected chi connectivity index (χ2v) is 7.70. The fourth-order valence-corrected chi connectivity index (χ4v) is 4.23. The molecular formula is C25H35N7. The predicted octanol–water partition coefficient (Wildman–Crippen LogP) is 5.58.